The van der Waals surface area contributed by atoms with Crippen LogP contribution in [0.4, 0.5) is 5.69 Å². The van der Waals surface area contributed by atoms with Gasteiger partial charge >= 0.3 is 0 Å². The van der Waals surface area contributed by atoms with E-state index in [1.165, 1.54) is 16.2 Å². The third-order valence-electron chi connectivity index (χ3n) is 4.97. The van der Waals surface area contributed by atoms with Gasteiger partial charge in [0.05, 0.1) is 5.57 Å². The molecule has 29 heavy (non-hydrogen) atoms. The van der Waals surface area contributed by atoms with Gasteiger partial charge < -0.3 is 5.11 Å². The summed E-state index contributed by atoms with van der Waals surface area (Å²) in [5.41, 5.74) is 3.07. The maximum absolute atomic E-state index is 13.1. The molecule has 146 valence electrons. The number of thiophene rings is 1. The van der Waals surface area contributed by atoms with Crippen molar-refractivity contribution in [3.05, 3.63) is 92.1 Å². The van der Waals surface area contributed by atoms with Gasteiger partial charge in [-0.05, 0) is 49.1 Å². The van der Waals surface area contributed by atoms with Gasteiger partial charge in [0, 0.05) is 21.2 Å². The minimum atomic E-state index is -0.708. The lowest BCUT2D eigenvalue weighted by molar-refractivity contribution is -0.132. The zero-order valence-corrected chi connectivity index (χ0v) is 17.4. The monoisotopic (exact) mass is 423 g/mol. The molecule has 2 aromatic carbocycles. The first-order valence-electron chi connectivity index (χ1n) is 9.06. The SMILES string of the molecule is Cc1ccc(N2C(=O)C(=O)/C(=C(\O)c3cccc(Cl)c3)C2c2cccs2)c(C)c1. The van der Waals surface area contributed by atoms with Crippen LogP contribution in [0, 0.1) is 13.8 Å². The van der Waals surface area contributed by atoms with Crippen LogP contribution in [0.5, 0.6) is 0 Å². The molecule has 0 bridgehead atoms. The van der Waals surface area contributed by atoms with Crippen molar-refractivity contribution in [3.63, 3.8) is 0 Å². The number of amides is 1. The Hall–Kier alpha value is -2.89. The first kappa shape index (κ1) is 19.4. The third-order valence-corrected chi connectivity index (χ3v) is 6.13. The van der Waals surface area contributed by atoms with E-state index >= 15 is 0 Å². The highest BCUT2D eigenvalue weighted by molar-refractivity contribution is 7.10. The molecular formula is C23H18ClNO3S. The van der Waals surface area contributed by atoms with Crippen molar-refractivity contribution in [2.75, 3.05) is 4.90 Å². The molecule has 0 radical (unpaired) electrons. The topological polar surface area (TPSA) is 57.6 Å². The van der Waals surface area contributed by atoms with Gasteiger partial charge in [0.1, 0.15) is 11.8 Å². The van der Waals surface area contributed by atoms with Crippen LogP contribution in [-0.2, 0) is 9.59 Å². The van der Waals surface area contributed by atoms with Gasteiger partial charge in [-0.3, -0.25) is 14.5 Å². The predicted molar refractivity (Wildman–Crippen MR) is 116 cm³/mol. The van der Waals surface area contributed by atoms with Crippen molar-refractivity contribution in [1.82, 2.24) is 0 Å². The van der Waals surface area contributed by atoms with Gasteiger partial charge in [-0.2, -0.15) is 0 Å². The number of benzene rings is 2. The highest BCUT2D eigenvalue weighted by atomic mass is 35.5. The number of hydrogen-bond donors (Lipinski definition) is 1. The number of Topliss-reactive ketones (excluding diaryl/α,β-unsaturated/α-hetero) is 1. The van der Waals surface area contributed by atoms with E-state index in [0.29, 0.717) is 16.3 Å². The number of aliphatic hydroxyl groups excluding tert-OH is 1. The summed E-state index contributed by atoms with van der Waals surface area (Å²) in [5, 5.41) is 13.3. The normalized spacial score (nSPS) is 18.4. The lowest BCUT2D eigenvalue weighted by Crippen LogP contribution is -2.29. The number of ketones is 1. The zero-order valence-electron chi connectivity index (χ0n) is 15.8. The van der Waals surface area contributed by atoms with Gasteiger partial charge in [-0.1, -0.05) is 47.5 Å². The molecule has 6 heteroatoms. The Morgan fingerprint density at radius 1 is 1.07 bits per heavy atom. The van der Waals surface area contributed by atoms with Crippen molar-refractivity contribution < 1.29 is 14.7 Å². The number of carbonyl (C=O) groups excluding carboxylic acids is 2. The molecule has 1 N–H and O–H groups in total. The van der Waals surface area contributed by atoms with Crippen LogP contribution in [0.3, 0.4) is 0 Å². The van der Waals surface area contributed by atoms with Gasteiger partial charge in [-0.15, -0.1) is 11.3 Å². The molecule has 1 amide bonds. The van der Waals surface area contributed by atoms with E-state index in [1.807, 2.05) is 49.6 Å². The summed E-state index contributed by atoms with van der Waals surface area (Å²) in [6, 6.07) is 15.4. The first-order chi connectivity index (χ1) is 13.9. The average Bonchev–Trinajstić information content (AvgIpc) is 3.29. The molecule has 0 spiro atoms. The summed E-state index contributed by atoms with van der Waals surface area (Å²) in [6.07, 6.45) is 0. The summed E-state index contributed by atoms with van der Waals surface area (Å²) in [4.78, 5) is 28.4. The van der Waals surface area contributed by atoms with Gasteiger partial charge in [0.25, 0.3) is 11.7 Å². The summed E-state index contributed by atoms with van der Waals surface area (Å²) in [6.45, 7) is 3.88. The number of halogens is 1. The number of carbonyl (C=O) groups is 2. The van der Waals surface area contributed by atoms with Crippen molar-refractivity contribution >= 4 is 46.1 Å². The van der Waals surface area contributed by atoms with Crippen LogP contribution in [0.2, 0.25) is 5.02 Å². The molecule has 1 aromatic heterocycles. The Bertz CT molecular complexity index is 1150. The molecule has 0 saturated carbocycles. The Morgan fingerprint density at radius 3 is 2.52 bits per heavy atom. The second-order valence-corrected chi connectivity index (χ2v) is 8.40. The highest BCUT2D eigenvalue weighted by Gasteiger charge is 2.47. The number of aryl methyl sites for hydroxylation is 2. The molecule has 4 nitrogen and oxygen atoms in total. The maximum Gasteiger partial charge on any atom is 0.300 e. The zero-order chi connectivity index (χ0) is 20.7. The van der Waals surface area contributed by atoms with E-state index in [0.717, 1.165) is 16.0 Å². The quantitative estimate of drug-likeness (QED) is 0.336. The molecule has 1 atom stereocenters. The Balaban J connectivity index is 1.95. The molecule has 1 aliphatic rings. The summed E-state index contributed by atoms with van der Waals surface area (Å²) in [5.74, 6) is -1.59. The van der Waals surface area contributed by atoms with E-state index in [4.69, 9.17) is 11.6 Å². The fourth-order valence-electron chi connectivity index (χ4n) is 3.66. The predicted octanol–water partition coefficient (Wildman–Crippen LogP) is 5.64. The van der Waals surface area contributed by atoms with Crippen molar-refractivity contribution in [1.29, 1.82) is 0 Å². The summed E-state index contributed by atoms with van der Waals surface area (Å²) >= 11 is 7.50. The molecule has 1 fully saturated rings. The third kappa shape index (κ3) is 3.37. The number of anilines is 1. The van der Waals surface area contributed by atoms with E-state index in [-0.39, 0.29) is 11.3 Å². The fourth-order valence-corrected chi connectivity index (χ4v) is 4.68. The van der Waals surface area contributed by atoms with E-state index < -0.39 is 17.7 Å². The minimum absolute atomic E-state index is 0.0692. The standard InChI is InChI=1S/C23H18ClNO3S/c1-13-8-9-17(14(2)11-13)25-20(18-7-4-10-29-18)19(22(27)23(25)28)21(26)15-5-3-6-16(24)12-15/h3-12,20,26H,1-2H3/b21-19-. The minimum Gasteiger partial charge on any atom is -0.507 e. The maximum atomic E-state index is 13.1. The van der Waals surface area contributed by atoms with Gasteiger partial charge in [-0.25, -0.2) is 0 Å². The van der Waals surface area contributed by atoms with Crippen LogP contribution in [-0.4, -0.2) is 16.8 Å². The van der Waals surface area contributed by atoms with Gasteiger partial charge in [0.2, 0.25) is 0 Å². The molecule has 1 unspecified atom stereocenters. The Kier molecular flexibility index (Phi) is 5.03. The van der Waals surface area contributed by atoms with Crippen molar-refractivity contribution in [2.24, 2.45) is 0 Å². The lowest BCUT2D eigenvalue weighted by Gasteiger charge is -2.26. The summed E-state index contributed by atoms with van der Waals surface area (Å²) < 4.78 is 0. The van der Waals surface area contributed by atoms with Crippen LogP contribution >= 0.6 is 22.9 Å². The number of hydrogen-bond acceptors (Lipinski definition) is 4. The molecular weight excluding hydrogens is 406 g/mol. The first-order valence-corrected chi connectivity index (χ1v) is 10.3. The molecule has 0 aliphatic carbocycles. The number of aliphatic hydroxyl groups is 1. The largest absolute Gasteiger partial charge is 0.507 e. The van der Waals surface area contributed by atoms with Crippen molar-refractivity contribution in [2.45, 2.75) is 19.9 Å². The molecule has 2 heterocycles. The molecule has 4 rings (SSSR count). The molecule has 3 aromatic rings. The average molecular weight is 424 g/mol. The lowest BCUT2D eigenvalue weighted by atomic mass is 9.99. The van der Waals surface area contributed by atoms with Crippen LogP contribution in [0.1, 0.15) is 27.6 Å². The highest BCUT2D eigenvalue weighted by Crippen LogP contribution is 2.44. The summed E-state index contributed by atoms with van der Waals surface area (Å²) in [7, 11) is 0. The fraction of sp³-hybridized carbons (Fsp3) is 0.130. The van der Waals surface area contributed by atoms with Crippen LogP contribution in [0.15, 0.2) is 65.6 Å². The van der Waals surface area contributed by atoms with E-state index in [1.54, 1.807) is 24.3 Å². The number of rotatable bonds is 3. The second kappa shape index (κ2) is 7.50. The van der Waals surface area contributed by atoms with Crippen LogP contribution in [0.25, 0.3) is 5.76 Å². The Labute approximate surface area is 177 Å². The smallest absolute Gasteiger partial charge is 0.300 e. The molecule has 1 aliphatic heterocycles. The Morgan fingerprint density at radius 2 is 1.86 bits per heavy atom. The van der Waals surface area contributed by atoms with Gasteiger partial charge in [0.15, 0.2) is 0 Å². The number of nitrogens with zero attached hydrogens (tertiary/aromatic N) is 1. The van der Waals surface area contributed by atoms with E-state index in [9.17, 15) is 14.7 Å². The molecule has 1 saturated heterocycles. The van der Waals surface area contributed by atoms with E-state index in [2.05, 4.69) is 0 Å². The van der Waals surface area contributed by atoms with Crippen LogP contribution < -0.4 is 4.90 Å². The van der Waals surface area contributed by atoms with Crippen molar-refractivity contribution in [3.8, 4) is 0 Å². The second-order valence-electron chi connectivity index (χ2n) is 6.98.